The number of hydrogen-bond acceptors (Lipinski definition) is 5. The SMILES string of the molecule is C#CC(C=N/C(=C\C)N1CCCCC1)C1=NC2C=C(SF)C=CC2S1. The van der Waals surface area contributed by atoms with Gasteiger partial charge in [-0.15, -0.1) is 6.42 Å². The third-order valence-corrected chi connectivity index (χ3v) is 6.24. The molecule has 3 aliphatic rings. The molecule has 25 heavy (non-hydrogen) atoms. The van der Waals surface area contributed by atoms with Crippen molar-refractivity contribution in [2.45, 2.75) is 37.5 Å². The summed E-state index contributed by atoms with van der Waals surface area (Å²) in [6.07, 6.45) is 19.0. The Labute approximate surface area is 157 Å². The van der Waals surface area contributed by atoms with Gasteiger partial charge >= 0.3 is 0 Å². The van der Waals surface area contributed by atoms with Crippen LogP contribution in [0.3, 0.4) is 0 Å². The fourth-order valence-electron chi connectivity index (χ4n) is 3.15. The molecule has 132 valence electrons. The van der Waals surface area contributed by atoms with Crippen LogP contribution in [-0.2, 0) is 0 Å². The van der Waals surface area contributed by atoms with Gasteiger partial charge in [0.25, 0.3) is 0 Å². The molecule has 6 heteroatoms. The van der Waals surface area contributed by atoms with Crippen LogP contribution in [0.15, 0.2) is 45.0 Å². The zero-order valence-electron chi connectivity index (χ0n) is 14.3. The number of allylic oxidation sites excluding steroid dienone is 2. The van der Waals surface area contributed by atoms with Crippen molar-refractivity contribution in [2.75, 3.05) is 13.1 Å². The summed E-state index contributed by atoms with van der Waals surface area (Å²) in [5.41, 5.74) is 0. The van der Waals surface area contributed by atoms with Crippen LogP contribution < -0.4 is 0 Å². The number of piperidine rings is 1. The normalized spacial score (nSPS) is 27.7. The quantitative estimate of drug-likeness (QED) is 0.519. The van der Waals surface area contributed by atoms with Gasteiger partial charge in [0.05, 0.1) is 28.5 Å². The van der Waals surface area contributed by atoms with Crippen LogP contribution >= 0.6 is 23.9 Å². The van der Waals surface area contributed by atoms with Crippen molar-refractivity contribution in [3.8, 4) is 12.3 Å². The van der Waals surface area contributed by atoms with Gasteiger partial charge in [-0.2, -0.15) is 3.89 Å². The third-order valence-electron chi connectivity index (χ3n) is 4.48. The minimum absolute atomic E-state index is 0.0317. The van der Waals surface area contributed by atoms with Crippen LogP contribution in [-0.4, -0.2) is 40.5 Å². The van der Waals surface area contributed by atoms with Gasteiger partial charge < -0.3 is 4.90 Å². The summed E-state index contributed by atoms with van der Waals surface area (Å²) in [5, 5.41) is 1.10. The predicted molar refractivity (Wildman–Crippen MR) is 109 cm³/mol. The fourth-order valence-corrected chi connectivity index (χ4v) is 4.65. The lowest BCUT2D eigenvalue weighted by molar-refractivity contribution is 0.283. The van der Waals surface area contributed by atoms with Crippen molar-refractivity contribution in [1.82, 2.24) is 4.90 Å². The smallest absolute Gasteiger partial charge is 0.123 e. The van der Waals surface area contributed by atoms with E-state index in [9.17, 15) is 3.89 Å². The Morgan fingerprint density at radius 2 is 2.32 bits per heavy atom. The van der Waals surface area contributed by atoms with Crippen LogP contribution in [0.1, 0.15) is 26.2 Å². The molecule has 0 saturated carbocycles. The molecule has 0 amide bonds. The number of thioether (sulfide) groups is 1. The maximum atomic E-state index is 12.8. The van der Waals surface area contributed by atoms with E-state index in [2.05, 4.69) is 15.8 Å². The predicted octanol–water partition coefficient (Wildman–Crippen LogP) is 4.61. The standard InChI is InChI=1S/C19H22FN3S2/c1-3-14(13-21-18(4-2)23-10-6-5-7-11-23)19-22-16-12-15(25-20)8-9-17(16)24-19/h1,4,8-9,12-14,16-17H,5-7,10-11H2,2H3/b18-4+,21-13?. The van der Waals surface area contributed by atoms with Gasteiger partial charge in [0, 0.05) is 24.2 Å². The molecule has 0 spiro atoms. The monoisotopic (exact) mass is 375 g/mol. The van der Waals surface area contributed by atoms with Gasteiger partial charge in [-0.05, 0) is 44.4 Å². The Morgan fingerprint density at radius 3 is 3.00 bits per heavy atom. The van der Waals surface area contributed by atoms with Gasteiger partial charge in [0.15, 0.2) is 0 Å². The van der Waals surface area contributed by atoms with Gasteiger partial charge in [0.1, 0.15) is 11.7 Å². The molecule has 0 aromatic carbocycles. The number of nitrogens with zero attached hydrogens (tertiary/aromatic N) is 3. The first-order chi connectivity index (χ1) is 12.2. The summed E-state index contributed by atoms with van der Waals surface area (Å²) in [4.78, 5) is 12.3. The van der Waals surface area contributed by atoms with E-state index in [-0.39, 0.29) is 29.4 Å². The summed E-state index contributed by atoms with van der Waals surface area (Å²) in [5.74, 6) is 3.54. The molecule has 3 nitrogen and oxygen atoms in total. The van der Waals surface area contributed by atoms with Gasteiger partial charge in [-0.3, -0.25) is 4.99 Å². The van der Waals surface area contributed by atoms with E-state index in [4.69, 9.17) is 11.4 Å². The highest BCUT2D eigenvalue weighted by molar-refractivity contribution is 8.15. The molecule has 2 heterocycles. The minimum Gasteiger partial charge on any atom is -0.357 e. The molecule has 0 radical (unpaired) electrons. The highest BCUT2D eigenvalue weighted by Gasteiger charge is 2.32. The molecule has 0 N–H and O–H groups in total. The third kappa shape index (κ3) is 4.39. The maximum Gasteiger partial charge on any atom is 0.123 e. The van der Waals surface area contributed by atoms with Gasteiger partial charge in [-0.25, -0.2) is 4.99 Å². The van der Waals surface area contributed by atoms with Crippen LogP contribution in [0.25, 0.3) is 0 Å². The van der Waals surface area contributed by atoms with Crippen molar-refractivity contribution in [3.05, 3.63) is 35.0 Å². The molecule has 0 bridgehead atoms. The lowest BCUT2D eigenvalue weighted by Crippen LogP contribution is -2.28. The van der Waals surface area contributed by atoms with Crippen molar-refractivity contribution < 1.29 is 3.89 Å². The highest BCUT2D eigenvalue weighted by atomic mass is 32.2. The maximum absolute atomic E-state index is 12.8. The van der Waals surface area contributed by atoms with E-state index in [0.29, 0.717) is 4.91 Å². The van der Waals surface area contributed by atoms with E-state index in [0.717, 1.165) is 24.0 Å². The van der Waals surface area contributed by atoms with Crippen molar-refractivity contribution in [3.63, 3.8) is 0 Å². The van der Waals surface area contributed by atoms with E-state index < -0.39 is 0 Å². The first-order valence-corrected chi connectivity index (χ1v) is 10.2. The second kappa shape index (κ2) is 8.77. The Kier molecular flexibility index (Phi) is 6.44. The molecule has 1 aliphatic carbocycles. The number of halogens is 1. The van der Waals surface area contributed by atoms with Crippen molar-refractivity contribution >= 4 is 35.2 Å². The number of likely N-dealkylation sites (tertiary alicyclic amines) is 1. The molecule has 3 rings (SSSR count). The van der Waals surface area contributed by atoms with E-state index in [1.807, 2.05) is 37.4 Å². The molecule has 1 saturated heterocycles. The van der Waals surface area contributed by atoms with E-state index in [1.165, 1.54) is 19.3 Å². The summed E-state index contributed by atoms with van der Waals surface area (Å²) in [7, 11) is 0. The molecular formula is C19H22FN3S2. The van der Waals surface area contributed by atoms with E-state index >= 15 is 0 Å². The lowest BCUT2D eigenvalue weighted by atomic mass is 10.1. The zero-order chi connectivity index (χ0) is 17.6. The molecule has 0 aromatic rings. The largest absolute Gasteiger partial charge is 0.357 e. The summed E-state index contributed by atoms with van der Waals surface area (Å²) in [6.45, 7) is 4.11. The summed E-state index contributed by atoms with van der Waals surface area (Å²) in [6, 6.07) is -0.0317. The van der Waals surface area contributed by atoms with Gasteiger partial charge in [0.2, 0.25) is 0 Å². The second-order valence-corrected chi connectivity index (χ2v) is 7.99. The van der Waals surface area contributed by atoms with Crippen LogP contribution in [0, 0.1) is 18.3 Å². The molecule has 3 unspecified atom stereocenters. The van der Waals surface area contributed by atoms with Crippen LogP contribution in [0.5, 0.6) is 0 Å². The molecule has 0 aromatic heterocycles. The summed E-state index contributed by atoms with van der Waals surface area (Å²) >= 11 is 1.91. The highest BCUT2D eigenvalue weighted by Crippen LogP contribution is 2.37. The minimum atomic E-state index is -0.237. The zero-order valence-corrected chi connectivity index (χ0v) is 15.9. The molecule has 2 aliphatic heterocycles. The molecule has 3 atom stereocenters. The number of terminal acetylenes is 1. The van der Waals surface area contributed by atoms with Crippen molar-refractivity contribution in [2.24, 2.45) is 15.9 Å². The van der Waals surface area contributed by atoms with Crippen LogP contribution in [0.2, 0.25) is 0 Å². The molecular weight excluding hydrogens is 353 g/mol. The van der Waals surface area contributed by atoms with Gasteiger partial charge in [-0.1, -0.05) is 23.8 Å². The average Bonchev–Trinajstić information content (AvgIpc) is 3.08. The molecule has 1 fully saturated rings. The first-order valence-electron chi connectivity index (χ1n) is 8.59. The van der Waals surface area contributed by atoms with Crippen LogP contribution in [0.4, 0.5) is 3.89 Å². The number of hydrogen-bond donors (Lipinski definition) is 0. The fraction of sp³-hybridized carbons (Fsp3) is 0.474. The van der Waals surface area contributed by atoms with E-state index in [1.54, 1.807) is 11.8 Å². The average molecular weight is 376 g/mol. The second-order valence-electron chi connectivity index (χ2n) is 6.16. The number of fused-ring (bicyclic) bond motifs is 1. The topological polar surface area (TPSA) is 28.0 Å². The Bertz CT molecular complexity index is 681. The Morgan fingerprint density at radius 1 is 1.52 bits per heavy atom. The first kappa shape index (κ1) is 18.3. The summed E-state index contributed by atoms with van der Waals surface area (Å²) < 4.78 is 12.8. The number of rotatable bonds is 5. The lowest BCUT2D eigenvalue weighted by Gasteiger charge is -2.28. The Hall–Kier alpha value is -1.45. The number of aliphatic imine (C=N–C) groups is 2. The Balaban J connectivity index is 1.70. The van der Waals surface area contributed by atoms with Crippen molar-refractivity contribution in [1.29, 1.82) is 0 Å².